The minimum absolute atomic E-state index is 0.450. The van der Waals surface area contributed by atoms with Gasteiger partial charge < -0.3 is 14.6 Å². The highest BCUT2D eigenvalue weighted by atomic mass is 16.5. The lowest BCUT2D eigenvalue weighted by molar-refractivity contribution is 0.409. The summed E-state index contributed by atoms with van der Waals surface area (Å²) in [6, 6.07) is 6.93. The van der Waals surface area contributed by atoms with Gasteiger partial charge in [0.15, 0.2) is 0 Å². The molecule has 2 aromatic rings. The van der Waals surface area contributed by atoms with Gasteiger partial charge in [-0.25, -0.2) is 0 Å². The first kappa shape index (κ1) is 14.7. The van der Waals surface area contributed by atoms with Gasteiger partial charge in [0.25, 0.3) is 0 Å². The Morgan fingerprint density at radius 2 is 2.22 bits per heavy atom. The molecule has 0 radical (unpaired) electrons. The molecule has 23 heavy (non-hydrogen) atoms. The Hall–Kier alpha value is -1.88. The van der Waals surface area contributed by atoms with Crippen LogP contribution in [0.4, 0.5) is 0 Å². The van der Waals surface area contributed by atoms with Gasteiger partial charge in [-0.2, -0.15) is 0 Å². The maximum Gasteiger partial charge on any atom is 0.135 e. The largest absolute Gasteiger partial charge is 0.497 e. The summed E-state index contributed by atoms with van der Waals surface area (Å²) < 4.78 is 7.56. The number of rotatable bonds is 6. The second-order valence-corrected chi connectivity index (χ2v) is 6.62. The molecule has 1 N–H and O–H groups in total. The van der Waals surface area contributed by atoms with E-state index in [1.54, 1.807) is 7.11 Å². The van der Waals surface area contributed by atoms with E-state index in [9.17, 15) is 0 Å². The molecule has 0 aliphatic heterocycles. The molecule has 0 unspecified atom stereocenters. The van der Waals surface area contributed by atoms with Gasteiger partial charge in [0.2, 0.25) is 0 Å². The maximum atomic E-state index is 5.35. The van der Waals surface area contributed by atoms with Crippen LogP contribution in [0.2, 0.25) is 0 Å². The van der Waals surface area contributed by atoms with Crippen LogP contribution in [-0.2, 0) is 13.0 Å². The Morgan fingerprint density at radius 1 is 1.30 bits per heavy atom. The molecule has 1 atom stereocenters. The summed E-state index contributed by atoms with van der Waals surface area (Å²) in [6.07, 6.45) is 8.00. The second-order valence-electron chi connectivity index (χ2n) is 6.62. The van der Waals surface area contributed by atoms with Crippen molar-refractivity contribution in [2.45, 2.75) is 50.6 Å². The van der Waals surface area contributed by atoms with Crippen molar-refractivity contribution < 1.29 is 4.74 Å². The Labute approximate surface area is 137 Å². The van der Waals surface area contributed by atoms with Crippen molar-refractivity contribution in [3.63, 3.8) is 0 Å². The SMILES string of the molecule is COc1ccc2c(c1)CCC[C@H]2NCCn1cnnc1C1CC1. The van der Waals surface area contributed by atoms with Crippen molar-refractivity contribution in [2.24, 2.45) is 0 Å². The number of fused-ring (bicyclic) bond motifs is 1. The normalized spacial score (nSPS) is 20.3. The lowest BCUT2D eigenvalue weighted by atomic mass is 9.87. The van der Waals surface area contributed by atoms with Gasteiger partial charge in [-0.05, 0) is 55.4 Å². The summed E-state index contributed by atoms with van der Waals surface area (Å²) in [4.78, 5) is 0. The van der Waals surface area contributed by atoms with Gasteiger partial charge in [0.05, 0.1) is 7.11 Å². The smallest absolute Gasteiger partial charge is 0.135 e. The van der Waals surface area contributed by atoms with E-state index in [-0.39, 0.29) is 0 Å². The Morgan fingerprint density at radius 3 is 3.04 bits per heavy atom. The van der Waals surface area contributed by atoms with E-state index in [1.807, 2.05) is 6.33 Å². The van der Waals surface area contributed by atoms with Gasteiger partial charge >= 0.3 is 0 Å². The number of methoxy groups -OCH3 is 1. The predicted octanol–water partition coefficient (Wildman–Crippen LogP) is 2.83. The third-order valence-electron chi connectivity index (χ3n) is 5.00. The first-order valence-electron chi connectivity index (χ1n) is 8.63. The van der Waals surface area contributed by atoms with E-state index in [0.29, 0.717) is 12.0 Å². The lowest BCUT2D eigenvalue weighted by Crippen LogP contribution is -2.28. The fourth-order valence-electron chi connectivity index (χ4n) is 3.58. The first-order chi connectivity index (χ1) is 11.3. The molecule has 5 nitrogen and oxygen atoms in total. The van der Waals surface area contributed by atoms with Crippen LogP contribution in [0.3, 0.4) is 0 Å². The minimum atomic E-state index is 0.450. The van der Waals surface area contributed by atoms with Gasteiger partial charge in [-0.3, -0.25) is 0 Å². The Bertz CT molecular complexity index is 677. The number of nitrogens with zero attached hydrogens (tertiary/aromatic N) is 3. The molecule has 0 bridgehead atoms. The summed E-state index contributed by atoms with van der Waals surface area (Å²) in [5, 5.41) is 12.1. The highest BCUT2D eigenvalue weighted by Crippen LogP contribution is 2.38. The van der Waals surface area contributed by atoms with E-state index >= 15 is 0 Å². The Kier molecular flexibility index (Phi) is 4.04. The van der Waals surface area contributed by atoms with Gasteiger partial charge in [-0.15, -0.1) is 10.2 Å². The summed E-state index contributed by atoms with van der Waals surface area (Å²) in [7, 11) is 1.73. The third-order valence-corrected chi connectivity index (χ3v) is 5.00. The van der Waals surface area contributed by atoms with Crippen LogP contribution in [0.25, 0.3) is 0 Å². The fourth-order valence-corrected chi connectivity index (χ4v) is 3.58. The molecule has 122 valence electrons. The van der Waals surface area contributed by atoms with Crippen LogP contribution in [0.1, 0.15) is 54.6 Å². The van der Waals surface area contributed by atoms with E-state index in [2.05, 4.69) is 38.3 Å². The number of aromatic nitrogens is 3. The van der Waals surface area contributed by atoms with E-state index in [4.69, 9.17) is 4.74 Å². The topological polar surface area (TPSA) is 52.0 Å². The molecule has 1 fully saturated rings. The zero-order valence-corrected chi connectivity index (χ0v) is 13.7. The fraction of sp³-hybridized carbons (Fsp3) is 0.556. The predicted molar refractivity (Wildman–Crippen MR) is 88.7 cm³/mol. The van der Waals surface area contributed by atoms with Crippen LogP contribution in [0, 0.1) is 0 Å². The second kappa shape index (κ2) is 6.32. The minimum Gasteiger partial charge on any atom is -0.497 e. The maximum absolute atomic E-state index is 5.35. The number of benzene rings is 1. The van der Waals surface area contributed by atoms with Crippen molar-refractivity contribution in [1.29, 1.82) is 0 Å². The summed E-state index contributed by atoms with van der Waals surface area (Å²) in [6.45, 7) is 1.90. The van der Waals surface area contributed by atoms with Crippen LogP contribution in [0.15, 0.2) is 24.5 Å². The summed E-state index contributed by atoms with van der Waals surface area (Å²) in [5.41, 5.74) is 2.86. The molecule has 4 rings (SSSR count). The quantitative estimate of drug-likeness (QED) is 0.891. The van der Waals surface area contributed by atoms with Crippen molar-refractivity contribution in [3.8, 4) is 5.75 Å². The average molecular weight is 312 g/mol. The molecule has 5 heteroatoms. The first-order valence-corrected chi connectivity index (χ1v) is 8.63. The van der Waals surface area contributed by atoms with Gasteiger partial charge in [-0.1, -0.05) is 6.07 Å². The van der Waals surface area contributed by atoms with Crippen molar-refractivity contribution >= 4 is 0 Å². The number of aryl methyl sites for hydroxylation is 1. The molecular formula is C18H24N4O. The van der Waals surface area contributed by atoms with Crippen molar-refractivity contribution in [1.82, 2.24) is 20.1 Å². The highest BCUT2D eigenvalue weighted by Gasteiger charge is 2.28. The zero-order valence-electron chi connectivity index (χ0n) is 13.7. The monoisotopic (exact) mass is 312 g/mol. The van der Waals surface area contributed by atoms with Crippen LogP contribution >= 0.6 is 0 Å². The number of hydrogen-bond acceptors (Lipinski definition) is 4. The molecular weight excluding hydrogens is 288 g/mol. The van der Waals surface area contributed by atoms with Crippen molar-refractivity contribution in [2.75, 3.05) is 13.7 Å². The van der Waals surface area contributed by atoms with Crippen molar-refractivity contribution in [3.05, 3.63) is 41.5 Å². The zero-order chi connectivity index (χ0) is 15.6. The Balaban J connectivity index is 1.39. The van der Waals surface area contributed by atoms with Gasteiger partial charge in [0, 0.05) is 25.0 Å². The van der Waals surface area contributed by atoms with E-state index < -0.39 is 0 Å². The summed E-state index contributed by atoms with van der Waals surface area (Å²) in [5.74, 6) is 2.78. The molecule has 2 aliphatic rings. The molecule has 0 amide bonds. The molecule has 0 spiro atoms. The highest BCUT2D eigenvalue weighted by molar-refractivity contribution is 5.39. The van der Waals surface area contributed by atoms with Crippen LogP contribution in [0.5, 0.6) is 5.75 Å². The van der Waals surface area contributed by atoms with E-state index in [1.165, 1.54) is 42.6 Å². The number of ether oxygens (including phenoxy) is 1. The number of nitrogens with one attached hydrogen (secondary N) is 1. The summed E-state index contributed by atoms with van der Waals surface area (Å²) >= 11 is 0. The third kappa shape index (κ3) is 3.11. The average Bonchev–Trinajstić information content (AvgIpc) is 3.33. The standard InChI is InChI=1S/C18H24N4O/c1-23-15-7-8-16-14(11-15)3-2-4-17(16)19-9-10-22-12-20-21-18(22)13-5-6-13/h7-8,11-13,17,19H,2-6,9-10H2,1H3/t17-/m1/s1. The molecule has 1 aromatic heterocycles. The van der Waals surface area contributed by atoms with Crippen LogP contribution in [-0.4, -0.2) is 28.4 Å². The van der Waals surface area contributed by atoms with E-state index in [0.717, 1.165) is 25.3 Å². The van der Waals surface area contributed by atoms with Gasteiger partial charge in [0.1, 0.15) is 17.9 Å². The lowest BCUT2D eigenvalue weighted by Gasteiger charge is -2.27. The molecule has 1 heterocycles. The number of hydrogen-bond donors (Lipinski definition) is 1. The molecule has 0 saturated heterocycles. The molecule has 2 aliphatic carbocycles. The molecule has 1 saturated carbocycles. The molecule has 1 aromatic carbocycles. The van der Waals surface area contributed by atoms with Crippen LogP contribution < -0.4 is 10.1 Å².